The quantitative estimate of drug-likeness (QED) is 0.388. The minimum absolute atomic E-state index is 0.173. The molecule has 35 heavy (non-hydrogen) atoms. The summed E-state index contributed by atoms with van der Waals surface area (Å²) in [7, 11) is 0. The maximum absolute atomic E-state index is 14.6. The lowest BCUT2D eigenvalue weighted by molar-refractivity contribution is 0.579. The first-order valence-electron chi connectivity index (χ1n) is 10.9. The molecule has 0 unspecified atom stereocenters. The molecule has 0 spiro atoms. The third-order valence-electron chi connectivity index (χ3n) is 5.58. The fraction of sp³-hybridized carbons (Fsp3) is 0.111. The molecule has 3 aromatic carbocycles. The van der Waals surface area contributed by atoms with E-state index in [0.717, 1.165) is 16.8 Å². The molecule has 5 nitrogen and oxygen atoms in total. The van der Waals surface area contributed by atoms with Gasteiger partial charge in [0, 0.05) is 39.2 Å². The molecule has 0 fully saturated rings. The van der Waals surface area contributed by atoms with Crippen LogP contribution in [0.5, 0.6) is 0 Å². The van der Waals surface area contributed by atoms with Gasteiger partial charge < -0.3 is 11.1 Å². The molecule has 0 atom stereocenters. The third-order valence-corrected chi connectivity index (χ3v) is 5.81. The van der Waals surface area contributed by atoms with Crippen molar-refractivity contribution in [3.8, 4) is 23.1 Å². The van der Waals surface area contributed by atoms with Crippen molar-refractivity contribution in [1.82, 2.24) is 9.78 Å². The number of hydrogen-bond acceptors (Lipinski definition) is 4. The Balaban J connectivity index is 1.48. The van der Waals surface area contributed by atoms with Crippen LogP contribution in [-0.4, -0.2) is 22.0 Å². The molecule has 0 amide bonds. The van der Waals surface area contributed by atoms with Gasteiger partial charge in [0.1, 0.15) is 18.3 Å². The standard InChI is InChI=1S/C27H20ClF2N5/c28-19-9-10-21-22(13-19)27(25-23(29)7-2-8-24(25)30)32-14-18-15-35(34-26(18)21)16-33-20-6-1-4-17(12-20)5-3-11-31/h1-2,4,6-10,12-13,15,33H,11,14,16,31H2. The van der Waals surface area contributed by atoms with Crippen LogP contribution < -0.4 is 11.1 Å². The summed E-state index contributed by atoms with van der Waals surface area (Å²) in [5, 5.41) is 8.52. The van der Waals surface area contributed by atoms with E-state index in [1.807, 2.05) is 30.5 Å². The minimum atomic E-state index is -0.679. The van der Waals surface area contributed by atoms with Gasteiger partial charge in [0.25, 0.3) is 0 Å². The van der Waals surface area contributed by atoms with Crippen molar-refractivity contribution in [2.75, 3.05) is 11.9 Å². The van der Waals surface area contributed by atoms with E-state index in [1.165, 1.54) is 18.2 Å². The number of nitrogens with one attached hydrogen (secondary N) is 1. The summed E-state index contributed by atoms with van der Waals surface area (Å²) >= 11 is 6.26. The first-order chi connectivity index (χ1) is 17.0. The van der Waals surface area contributed by atoms with Crippen molar-refractivity contribution in [2.45, 2.75) is 13.2 Å². The lowest BCUT2D eigenvalue weighted by Gasteiger charge is -2.12. The number of rotatable bonds is 4. The number of benzene rings is 3. The highest BCUT2D eigenvalue weighted by atomic mass is 35.5. The summed E-state index contributed by atoms with van der Waals surface area (Å²) in [6.07, 6.45) is 1.88. The van der Waals surface area contributed by atoms with Crippen LogP contribution in [0, 0.1) is 23.5 Å². The van der Waals surface area contributed by atoms with Crippen molar-refractivity contribution in [3.05, 3.63) is 106 Å². The third kappa shape index (κ3) is 4.67. The highest BCUT2D eigenvalue weighted by Crippen LogP contribution is 2.34. The van der Waals surface area contributed by atoms with Gasteiger partial charge in [0.15, 0.2) is 0 Å². The Morgan fingerprint density at radius 2 is 1.83 bits per heavy atom. The second-order valence-corrected chi connectivity index (χ2v) is 8.35. The summed E-state index contributed by atoms with van der Waals surface area (Å²) in [6, 6.07) is 16.7. The molecule has 0 aliphatic carbocycles. The van der Waals surface area contributed by atoms with E-state index in [4.69, 9.17) is 22.4 Å². The maximum atomic E-state index is 14.6. The zero-order valence-electron chi connectivity index (χ0n) is 18.5. The smallest absolute Gasteiger partial charge is 0.135 e. The number of fused-ring (bicyclic) bond motifs is 3. The molecule has 3 N–H and O–H groups in total. The van der Waals surface area contributed by atoms with E-state index in [2.05, 4.69) is 22.2 Å². The second-order valence-electron chi connectivity index (χ2n) is 7.92. The molecule has 1 aliphatic rings. The van der Waals surface area contributed by atoms with E-state index < -0.39 is 11.6 Å². The lowest BCUT2D eigenvalue weighted by atomic mass is 9.95. The van der Waals surface area contributed by atoms with Crippen molar-refractivity contribution < 1.29 is 8.78 Å². The van der Waals surface area contributed by atoms with Gasteiger partial charge >= 0.3 is 0 Å². The Bertz CT molecular complexity index is 1490. The first kappa shape index (κ1) is 22.8. The van der Waals surface area contributed by atoms with Gasteiger partial charge in [0.2, 0.25) is 0 Å². The van der Waals surface area contributed by atoms with Crippen LogP contribution in [0.15, 0.2) is 71.9 Å². The molecule has 0 radical (unpaired) electrons. The number of anilines is 1. The normalized spacial score (nSPS) is 12.1. The summed E-state index contributed by atoms with van der Waals surface area (Å²) in [5.74, 6) is 4.50. The summed E-state index contributed by atoms with van der Waals surface area (Å²) < 4.78 is 31.1. The minimum Gasteiger partial charge on any atom is -0.366 e. The molecular formula is C27H20ClF2N5. The Morgan fingerprint density at radius 1 is 1.03 bits per heavy atom. The van der Waals surface area contributed by atoms with Gasteiger partial charge in [-0.3, -0.25) is 9.67 Å². The van der Waals surface area contributed by atoms with Crippen molar-refractivity contribution in [2.24, 2.45) is 10.7 Å². The van der Waals surface area contributed by atoms with Gasteiger partial charge in [-0.25, -0.2) is 8.78 Å². The molecule has 174 valence electrons. The largest absolute Gasteiger partial charge is 0.366 e. The van der Waals surface area contributed by atoms with Crippen molar-refractivity contribution in [1.29, 1.82) is 0 Å². The van der Waals surface area contributed by atoms with Crippen molar-refractivity contribution >= 4 is 23.0 Å². The summed E-state index contributed by atoms with van der Waals surface area (Å²) in [6.45, 7) is 0.925. The number of hydrogen-bond donors (Lipinski definition) is 2. The molecule has 8 heteroatoms. The van der Waals surface area contributed by atoms with Crippen LogP contribution in [0.4, 0.5) is 14.5 Å². The van der Waals surface area contributed by atoms with Crippen LogP contribution in [0.3, 0.4) is 0 Å². The van der Waals surface area contributed by atoms with E-state index in [9.17, 15) is 8.78 Å². The van der Waals surface area contributed by atoms with Gasteiger partial charge in [-0.1, -0.05) is 41.6 Å². The van der Waals surface area contributed by atoms with Gasteiger partial charge in [-0.15, -0.1) is 0 Å². The number of nitrogens with two attached hydrogens (primary N) is 1. The predicted molar refractivity (Wildman–Crippen MR) is 134 cm³/mol. The Morgan fingerprint density at radius 3 is 2.63 bits per heavy atom. The van der Waals surface area contributed by atoms with E-state index >= 15 is 0 Å². The van der Waals surface area contributed by atoms with Gasteiger partial charge in [0.05, 0.1) is 30.1 Å². The number of halogens is 3. The second kappa shape index (κ2) is 9.71. The van der Waals surface area contributed by atoms with Crippen molar-refractivity contribution in [3.63, 3.8) is 0 Å². The van der Waals surface area contributed by atoms with Crippen LogP contribution in [0.25, 0.3) is 11.3 Å². The fourth-order valence-corrected chi connectivity index (χ4v) is 4.20. The Labute approximate surface area is 206 Å². The zero-order valence-corrected chi connectivity index (χ0v) is 19.3. The molecule has 0 saturated carbocycles. The SMILES string of the molecule is NCC#Cc1cccc(NCn2cc3c(n2)-c2ccc(Cl)cc2C(c2c(F)cccc2F)=NC3)c1. The molecule has 0 saturated heterocycles. The highest BCUT2D eigenvalue weighted by Gasteiger charge is 2.25. The molecular weight excluding hydrogens is 468 g/mol. The summed E-state index contributed by atoms with van der Waals surface area (Å²) in [5.41, 5.74) is 10.0. The molecule has 1 aliphatic heterocycles. The number of aliphatic imine (C=N–C) groups is 1. The maximum Gasteiger partial charge on any atom is 0.135 e. The monoisotopic (exact) mass is 487 g/mol. The van der Waals surface area contributed by atoms with Crippen LogP contribution in [0.1, 0.15) is 22.3 Å². The number of aromatic nitrogens is 2. The predicted octanol–water partition coefficient (Wildman–Crippen LogP) is 5.21. The first-order valence-corrected chi connectivity index (χ1v) is 11.3. The van der Waals surface area contributed by atoms with Crippen LogP contribution in [0.2, 0.25) is 5.02 Å². The van der Waals surface area contributed by atoms with E-state index in [0.29, 0.717) is 35.1 Å². The average molecular weight is 488 g/mol. The number of nitrogens with zero attached hydrogens (tertiary/aromatic N) is 3. The average Bonchev–Trinajstić information content (AvgIpc) is 3.20. The molecule has 5 rings (SSSR count). The highest BCUT2D eigenvalue weighted by molar-refractivity contribution is 6.31. The summed E-state index contributed by atoms with van der Waals surface area (Å²) in [4.78, 5) is 4.59. The van der Waals surface area contributed by atoms with Crippen LogP contribution >= 0.6 is 11.6 Å². The molecule has 4 aromatic rings. The molecule has 2 heterocycles. The van der Waals surface area contributed by atoms with Gasteiger partial charge in [-0.2, -0.15) is 5.10 Å². The van der Waals surface area contributed by atoms with Crippen LogP contribution in [-0.2, 0) is 13.2 Å². The lowest BCUT2D eigenvalue weighted by Crippen LogP contribution is -2.11. The molecule has 0 bridgehead atoms. The molecule has 1 aromatic heterocycles. The fourth-order valence-electron chi connectivity index (χ4n) is 4.02. The Hall–Kier alpha value is -3.99. The Kier molecular flexibility index (Phi) is 6.32. The van der Waals surface area contributed by atoms with E-state index in [1.54, 1.807) is 22.9 Å². The van der Waals surface area contributed by atoms with Gasteiger partial charge in [-0.05, 0) is 42.5 Å². The van der Waals surface area contributed by atoms with E-state index in [-0.39, 0.29) is 17.8 Å². The zero-order chi connectivity index (χ0) is 24.4. The topological polar surface area (TPSA) is 68.2 Å².